The van der Waals surface area contributed by atoms with E-state index in [1.54, 1.807) is 43.3 Å². The molecule has 1 N–H and O–H groups in total. The third-order valence-corrected chi connectivity index (χ3v) is 4.62. The van der Waals surface area contributed by atoms with E-state index < -0.39 is 0 Å². The zero-order chi connectivity index (χ0) is 20.4. The Labute approximate surface area is 167 Å². The van der Waals surface area contributed by atoms with Gasteiger partial charge in [0.1, 0.15) is 5.82 Å². The summed E-state index contributed by atoms with van der Waals surface area (Å²) in [7, 11) is 0. The minimum absolute atomic E-state index is 0.328. The van der Waals surface area contributed by atoms with E-state index in [-0.39, 0.29) is 11.7 Å². The smallest absolute Gasteiger partial charge is 0.255 e. The average Bonchev–Trinajstić information content (AvgIpc) is 3.21. The molecule has 3 aromatic carbocycles. The lowest BCUT2D eigenvalue weighted by Crippen LogP contribution is -2.12. The number of hydrogen-bond acceptors (Lipinski definition) is 4. The van der Waals surface area contributed by atoms with Crippen LogP contribution in [0.2, 0.25) is 0 Å². The standard InChI is InChI=1S/C23H18FN3O2/c1-14-5-3-4-6-19(14)23-27-26-22(29-23)17-10-8-16(9-11-17)21(28)25-18-12-7-15(2)20(24)13-18/h3-13H,1-2H3,(H,25,28). The number of aryl methyl sites for hydroxylation is 2. The van der Waals surface area contributed by atoms with Crippen LogP contribution in [0.25, 0.3) is 22.9 Å². The topological polar surface area (TPSA) is 68.0 Å². The summed E-state index contributed by atoms with van der Waals surface area (Å²) in [6.45, 7) is 3.65. The van der Waals surface area contributed by atoms with Crippen molar-refractivity contribution in [3.63, 3.8) is 0 Å². The van der Waals surface area contributed by atoms with Gasteiger partial charge in [0.25, 0.3) is 5.91 Å². The van der Waals surface area contributed by atoms with Crippen molar-refractivity contribution in [1.82, 2.24) is 10.2 Å². The molecule has 5 nitrogen and oxygen atoms in total. The molecule has 1 heterocycles. The van der Waals surface area contributed by atoms with Crippen molar-refractivity contribution in [2.75, 3.05) is 5.32 Å². The van der Waals surface area contributed by atoms with E-state index in [0.29, 0.717) is 34.2 Å². The minimum atomic E-state index is -0.362. The lowest BCUT2D eigenvalue weighted by molar-refractivity contribution is 0.102. The van der Waals surface area contributed by atoms with Crippen LogP contribution in [0.5, 0.6) is 0 Å². The van der Waals surface area contributed by atoms with Crippen LogP contribution in [-0.4, -0.2) is 16.1 Å². The van der Waals surface area contributed by atoms with Gasteiger partial charge >= 0.3 is 0 Å². The third-order valence-electron chi connectivity index (χ3n) is 4.62. The second-order valence-corrected chi connectivity index (χ2v) is 6.72. The molecule has 29 heavy (non-hydrogen) atoms. The molecule has 0 aliphatic carbocycles. The van der Waals surface area contributed by atoms with Gasteiger partial charge in [0.2, 0.25) is 11.8 Å². The van der Waals surface area contributed by atoms with Crippen LogP contribution in [0.4, 0.5) is 10.1 Å². The van der Waals surface area contributed by atoms with Crippen LogP contribution >= 0.6 is 0 Å². The van der Waals surface area contributed by atoms with Crippen molar-refractivity contribution < 1.29 is 13.6 Å². The molecular formula is C23H18FN3O2. The molecule has 0 atom stereocenters. The molecule has 0 fully saturated rings. The highest BCUT2D eigenvalue weighted by Crippen LogP contribution is 2.26. The van der Waals surface area contributed by atoms with E-state index in [0.717, 1.165) is 11.1 Å². The van der Waals surface area contributed by atoms with Gasteiger partial charge in [-0.15, -0.1) is 10.2 Å². The van der Waals surface area contributed by atoms with Gasteiger partial charge in [-0.1, -0.05) is 24.3 Å². The number of amides is 1. The predicted molar refractivity (Wildman–Crippen MR) is 109 cm³/mol. The molecule has 0 saturated carbocycles. The zero-order valence-corrected chi connectivity index (χ0v) is 15.9. The van der Waals surface area contributed by atoms with E-state index >= 15 is 0 Å². The quantitative estimate of drug-likeness (QED) is 0.508. The summed E-state index contributed by atoms with van der Waals surface area (Å²) in [4.78, 5) is 12.4. The number of anilines is 1. The maximum absolute atomic E-state index is 13.6. The maximum atomic E-state index is 13.6. The third kappa shape index (κ3) is 3.91. The summed E-state index contributed by atoms with van der Waals surface area (Å²) >= 11 is 0. The summed E-state index contributed by atoms with van der Waals surface area (Å²) in [5.74, 6) is 0.127. The molecule has 4 aromatic rings. The van der Waals surface area contributed by atoms with Crippen LogP contribution < -0.4 is 5.32 Å². The number of benzene rings is 3. The highest BCUT2D eigenvalue weighted by Gasteiger charge is 2.13. The Kier molecular flexibility index (Phi) is 4.91. The van der Waals surface area contributed by atoms with Crippen LogP contribution in [0.3, 0.4) is 0 Å². The average molecular weight is 387 g/mol. The highest BCUT2D eigenvalue weighted by atomic mass is 19.1. The molecular weight excluding hydrogens is 369 g/mol. The summed E-state index contributed by atoms with van der Waals surface area (Å²) in [5.41, 5.74) is 4.00. The van der Waals surface area contributed by atoms with Crippen molar-refractivity contribution in [2.24, 2.45) is 0 Å². The maximum Gasteiger partial charge on any atom is 0.255 e. The molecule has 0 aliphatic rings. The van der Waals surface area contributed by atoms with Crippen molar-refractivity contribution in [2.45, 2.75) is 13.8 Å². The molecule has 0 unspecified atom stereocenters. The molecule has 1 aromatic heterocycles. The molecule has 0 aliphatic heterocycles. The van der Waals surface area contributed by atoms with Crippen LogP contribution in [0, 0.1) is 19.7 Å². The first-order chi connectivity index (χ1) is 14.0. The second-order valence-electron chi connectivity index (χ2n) is 6.72. The Bertz CT molecular complexity index is 1180. The van der Waals surface area contributed by atoms with Gasteiger partial charge in [-0.05, 0) is 67.4 Å². The van der Waals surface area contributed by atoms with Crippen LogP contribution in [0.15, 0.2) is 71.1 Å². The molecule has 0 radical (unpaired) electrons. The van der Waals surface area contributed by atoms with E-state index in [2.05, 4.69) is 15.5 Å². The summed E-state index contributed by atoms with van der Waals surface area (Å²) in [6.07, 6.45) is 0. The lowest BCUT2D eigenvalue weighted by atomic mass is 10.1. The van der Waals surface area contributed by atoms with Gasteiger partial charge in [0.15, 0.2) is 0 Å². The largest absolute Gasteiger partial charge is 0.416 e. The first-order valence-corrected chi connectivity index (χ1v) is 9.09. The van der Waals surface area contributed by atoms with Crippen molar-refractivity contribution in [1.29, 1.82) is 0 Å². The van der Waals surface area contributed by atoms with Gasteiger partial charge in [-0.2, -0.15) is 0 Å². The zero-order valence-electron chi connectivity index (χ0n) is 15.9. The van der Waals surface area contributed by atoms with Crippen molar-refractivity contribution >= 4 is 11.6 Å². The van der Waals surface area contributed by atoms with E-state index in [9.17, 15) is 9.18 Å². The molecule has 0 saturated heterocycles. The molecule has 1 amide bonds. The SMILES string of the molecule is Cc1ccc(NC(=O)c2ccc(-c3nnc(-c4ccccc4C)o3)cc2)cc1F. The van der Waals surface area contributed by atoms with Crippen LogP contribution in [0.1, 0.15) is 21.5 Å². The molecule has 0 bridgehead atoms. The Morgan fingerprint density at radius 3 is 2.34 bits per heavy atom. The van der Waals surface area contributed by atoms with Gasteiger partial charge in [0.05, 0.1) is 0 Å². The number of aromatic nitrogens is 2. The fourth-order valence-corrected chi connectivity index (χ4v) is 2.90. The van der Waals surface area contributed by atoms with Gasteiger partial charge < -0.3 is 9.73 Å². The number of rotatable bonds is 4. The van der Waals surface area contributed by atoms with E-state index in [4.69, 9.17) is 4.42 Å². The van der Waals surface area contributed by atoms with Gasteiger partial charge in [-0.3, -0.25) is 4.79 Å². The first-order valence-electron chi connectivity index (χ1n) is 9.09. The number of halogens is 1. The number of hydrogen-bond donors (Lipinski definition) is 1. The predicted octanol–water partition coefficient (Wildman–Crippen LogP) is 5.41. The molecule has 144 valence electrons. The fourth-order valence-electron chi connectivity index (χ4n) is 2.90. The lowest BCUT2D eigenvalue weighted by Gasteiger charge is -2.07. The highest BCUT2D eigenvalue weighted by molar-refractivity contribution is 6.04. The fraction of sp³-hybridized carbons (Fsp3) is 0.0870. The molecule has 4 rings (SSSR count). The number of carbonyl (C=O) groups is 1. The Hall–Kier alpha value is -3.80. The Morgan fingerprint density at radius 1 is 0.897 bits per heavy atom. The normalized spacial score (nSPS) is 10.7. The second kappa shape index (κ2) is 7.67. The Balaban J connectivity index is 1.51. The monoisotopic (exact) mass is 387 g/mol. The van der Waals surface area contributed by atoms with Crippen molar-refractivity contribution in [3.05, 3.63) is 89.2 Å². The van der Waals surface area contributed by atoms with Gasteiger partial charge in [-0.25, -0.2) is 4.39 Å². The number of nitrogens with zero attached hydrogens (tertiary/aromatic N) is 2. The van der Waals surface area contributed by atoms with E-state index in [1.807, 2.05) is 31.2 Å². The number of nitrogens with one attached hydrogen (secondary N) is 1. The van der Waals surface area contributed by atoms with Crippen LogP contribution in [-0.2, 0) is 0 Å². The molecule has 0 spiro atoms. The Morgan fingerprint density at radius 2 is 1.62 bits per heavy atom. The van der Waals surface area contributed by atoms with Crippen molar-refractivity contribution in [3.8, 4) is 22.9 Å². The summed E-state index contributed by atoms with van der Waals surface area (Å²) in [5, 5.41) is 10.9. The first kappa shape index (κ1) is 18.6. The summed E-state index contributed by atoms with van der Waals surface area (Å²) < 4.78 is 19.4. The van der Waals surface area contributed by atoms with Gasteiger partial charge in [0, 0.05) is 22.4 Å². The minimum Gasteiger partial charge on any atom is -0.416 e. The van der Waals surface area contributed by atoms with E-state index in [1.165, 1.54) is 6.07 Å². The summed E-state index contributed by atoms with van der Waals surface area (Å²) in [6, 6.07) is 19.1. The number of carbonyl (C=O) groups excluding carboxylic acids is 1. The molecule has 6 heteroatoms.